The minimum Gasteiger partial charge on any atom is -0.490 e. The molecule has 0 unspecified atom stereocenters. The third-order valence-electron chi connectivity index (χ3n) is 4.51. The molecule has 6 nitrogen and oxygen atoms in total. The molecule has 0 atom stereocenters. The number of amides is 1. The predicted octanol–water partition coefficient (Wildman–Crippen LogP) is 5.63. The molecule has 8 heteroatoms. The number of likely N-dealkylation sites (N-methyl/N-ethyl adjacent to an activating group) is 1. The number of rotatable bonds is 12. The summed E-state index contributed by atoms with van der Waals surface area (Å²) in [5, 5.41) is 7.19. The number of oxime groups is 1. The molecule has 0 saturated carbocycles. The van der Waals surface area contributed by atoms with Gasteiger partial charge in [0, 0.05) is 24.7 Å². The molecule has 0 saturated heterocycles. The van der Waals surface area contributed by atoms with Gasteiger partial charge in [-0.15, -0.1) is 0 Å². The van der Waals surface area contributed by atoms with Crippen molar-refractivity contribution in [2.75, 3.05) is 20.8 Å². The Kier molecular flexibility index (Phi) is 10.5. The third kappa shape index (κ3) is 7.33. The highest BCUT2D eigenvalue weighted by Crippen LogP contribution is 2.37. The monoisotopic (exact) mass is 466 g/mol. The summed E-state index contributed by atoms with van der Waals surface area (Å²) in [6, 6.07) is 10.6. The first kappa shape index (κ1) is 24.8. The number of hydrogen-bond donors (Lipinski definition) is 1. The highest BCUT2D eigenvalue weighted by atomic mass is 35.5. The van der Waals surface area contributed by atoms with Gasteiger partial charge in [0.2, 0.25) is 0 Å². The van der Waals surface area contributed by atoms with Crippen LogP contribution in [0, 0.1) is 0 Å². The maximum absolute atomic E-state index is 12.2. The van der Waals surface area contributed by atoms with E-state index in [2.05, 4.69) is 17.4 Å². The molecule has 168 valence electrons. The van der Waals surface area contributed by atoms with Crippen LogP contribution in [-0.4, -0.2) is 32.4 Å². The van der Waals surface area contributed by atoms with E-state index in [0.29, 0.717) is 33.7 Å². The minimum atomic E-state index is -0.360. The quantitative estimate of drug-likeness (QED) is 0.250. The van der Waals surface area contributed by atoms with E-state index in [0.717, 1.165) is 18.4 Å². The summed E-state index contributed by atoms with van der Waals surface area (Å²) in [4.78, 5) is 17.0. The second kappa shape index (κ2) is 13.1. The molecule has 0 aromatic heterocycles. The highest BCUT2D eigenvalue weighted by Gasteiger charge is 2.18. The Morgan fingerprint density at radius 3 is 2.42 bits per heavy atom. The summed E-state index contributed by atoms with van der Waals surface area (Å²) in [6.45, 7) is 2.91. The molecule has 0 radical (unpaired) electrons. The Morgan fingerprint density at radius 2 is 1.77 bits per heavy atom. The molecule has 0 aliphatic heterocycles. The Morgan fingerprint density at radius 1 is 1.06 bits per heavy atom. The second-order valence-electron chi connectivity index (χ2n) is 6.77. The van der Waals surface area contributed by atoms with E-state index in [4.69, 9.17) is 37.5 Å². The minimum absolute atomic E-state index is 0.159. The molecule has 2 aromatic rings. The molecule has 1 N–H and O–H groups in total. The topological polar surface area (TPSA) is 69.1 Å². The Hall–Kier alpha value is -2.44. The van der Waals surface area contributed by atoms with E-state index >= 15 is 0 Å². The van der Waals surface area contributed by atoms with Crippen LogP contribution in [0.5, 0.6) is 11.5 Å². The predicted molar refractivity (Wildman–Crippen MR) is 124 cm³/mol. The van der Waals surface area contributed by atoms with Gasteiger partial charge in [0.25, 0.3) is 5.91 Å². The van der Waals surface area contributed by atoms with Crippen molar-refractivity contribution >= 4 is 34.8 Å². The van der Waals surface area contributed by atoms with Gasteiger partial charge in [0.15, 0.2) is 11.5 Å². The average molecular weight is 467 g/mol. The van der Waals surface area contributed by atoms with Gasteiger partial charge in [-0.25, -0.2) is 0 Å². The standard InChI is InChI=1S/C23H28Cl2N2O4/c1-4-5-6-9-12-30-22-19(24)13-17(14-20(22)25)31-15-16-10-7-8-11-18(16)21(27-29-3)23(28)26-2/h7-8,10-11,13-14H,4-6,9,12,15H2,1-3H3,(H,26,28)/b27-21+. The van der Waals surface area contributed by atoms with Gasteiger partial charge in [-0.1, -0.05) is 78.8 Å². The van der Waals surface area contributed by atoms with Crippen LogP contribution >= 0.6 is 23.2 Å². The SMILES string of the molecule is CCCCCCOc1c(Cl)cc(OCc2ccccc2/C(=N\OC)C(=O)NC)cc1Cl. The lowest BCUT2D eigenvalue weighted by atomic mass is 10.0. The fraction of sp³-hybridized carbons (Fsp3) is 0.391. The number of carbonyl (C=O) groups excluding carboxylic acids is 1. The Labute approximate surface area is 193 Å². The van der Waals surface area contributed by atoms with E-state index in [1.165, 1.54) is 27.0 Å². The molecule has 31 heavy (non-hydrogen) atoms. The van der Waals surface area contributed by atoms with Crippen molar-refractivity contribution in [3.63, 3.8) is 0 Å². The lowest BCUT2D eigenvalue weighted by molar-refractivity contribution is -0.114. The molecule has 0 fully saturated rings. The summed E-state index contributed by atoms with van der Waals surface area (Å²) in [6.07, 6.45) is 4.40. The molecule has 0 heterocycles. The van der Waals surface area contributed by atoms with Crippen LogP contribution in [-0.2, 0) is 16.2 Å². The number of benzene rings is 2. The van der Waals surface area contributed by atoms with E-state index in [1.54, 1.807) is 18.2 Å². The smallest absolute Gasteiger partial charge is 0.273 e. The maximum Gasteiger partial charge on any atom is 0.273 e. The van der Waals surface area contributed by atoms with Gasteiger partial charge in [0.05, 0.1) is 16.7 Å². The van der Waals surface area contributed by atoms with Crippen molar-refractivity contribution in [3.05, 3.63) is 57.6 Å². The maximum atomic E-state index is 12.2. The number of ether oxygens (including phenoxy) is 2. The van der Waals surface area contributed by atoms with Gasteiger partial charge in [-0.2, -0.15) is 0 Å². The first-order valence-electron chi connectivity index (χ1n) is 10.2. The van der Waals surface area contributed by atoms with Gasteiger partial charge >= 0.3 is 0 Å². The molecule has 1 amide bonds. The summed E-state index contributed by atoms with van der Waals surface area (Å²) >= 11 is 12.7. The third-order valence-corrected chi connectivity index (χ3v) is 5.07. The zero-order chi connectivity index (χ0) is 22.6. The molecule has 0 aliphatic carbocycles. The van der Waals surface area contributed by atoms with E-state index in [9.17, 15) is 4.79 Å². The fourth-order valence-corrected chi connectivity index (χ4v) is 3.50. The Bertz CT molecular complexity index is 880. The summed E-state index contributed by atoms with van der Waals surface area (Å²) in [7, 11) is 2.92. The number of hydrogen-bond acceptors (Lipinski definition) is 5. The summed E-state index contributed by atoms with van der Waals surface area (Å²) < 4.78 is 11.7. The second-order valence-corrected chi connectivity index (χ2v) is 7.59. The van der Waals surface area contributed by atoms with Crippen LogP contribution in [0.25, 0.3) is 0 Å². The average Bonchev–Trinajstić information content (AvgIpc) is 2.77. The highest BCUT2D eigenvalue weighted by molar-refractivity contribution is 6.45. The number of unbranched alkanes of at least 4 members (excludes halogenated alkanes) is 3. The van der Waals surface area contributed by atoms with Crippen molar-refractivity contribution in [1.29, 1.82) is 0 Å². The summed E-state index contributed by atoms with van der Waals surface area (Å²) in [5.41, 5.74) is 1.52. The Balaban J connectivity index is 2.12. The van der Waals surface area contributed by atoms with Crippen molar-refractivity contribution in [3.8, 4) is 11.5 Å². The molecule has 0 spiro atoms. The van der Waals surface area contributed by atoms with Gasteiger partial charge < -0.3 is 19.6 Å². The molecule has 2 aromatic carbocycles. The van der Waals surface area contributed by atoms with E-state index in [-0.39, 0.29) is 18.2 Å². The molecular weight excluding hydrogens is 439 g/mol. The van der Waals surface area contributed by atoms with Crippen LogP contribution in [0.1, 0.15) is 43.7 Å². The number of halogens is 2. The van der Waals surface area contributed by atoms with Crippen molar-refractivity contribution in [2.24, 2.45) is 5.16 Å². The van der Waals surface area contributed by atoms with Crippen molar-refractivity contribution in [2.45, 2.75) is 39.2 Å². The number of carbonyl (C=O) groups is 1. The largest absolute Gasteiger partial charge is 0.490 e. The zero-order valence-corrected chi connectivity index (χ0v) is 19.6. The molecule has 0 aliphatic rings. The van der Waals surface area contributed by atoms with Gasteiger partial charge in [-0.3, -0.25) is 4.79 Å². The van der Waals surface area contributed by atoms with Crippen LogP contribution in [0.4, 0.5) is 0 Å². The lowest BCUT2D eigenvalue weighted by Crippen LogP contribution is -2.29. The van der Waals surface area contributed by atoms with Crippen molar-refractivity contribution < 1.29 is 19.1 Å². The van der Waals surface area contributed by atoms with Crippen LogP contribution in [0.2, 0.25) is 10.0 Å². The van der Waals surface area contributed by atoms with Crippen molar-refractivity contribution in [1.82, 2.24) is 5.32 Å². The van der Waals surface area contributed by atoms with Crippen LogP contribution < -0.4 is 14.8 Å². The van der Waals surface area contributed by atoms with Gasteiger partial charge in [-0.05, 0) is 12.0 Å². The van der Waals surface area contributed by atoms with Crippen LogP contribution in [0.3, 0.4) is 0 Å². The number of nitrogens with zero attached hydrogens (tertiary/aromatic N) is 1. The van der Waals surface area contributed by atoms with Gasteiger partial charge in [0.1, 0.15) is 19.5 Å². The van der Waals surface area contributed by atoms with E-state index in [1.807, 2.05) is 18.2 Å². The molecule has 2 rings (SSSR count). The fourth-order valence-electron chi connectivity index (χ4n) is 2.92. The van der Waals surface area contributed by atoms with Crippen LogP contribution in [0.15, 0.2) is 41.6 Å². The van der Waals surface area contributed by atoms with E-state index < -0.39 is 0 Å². The first-order chi connectivity index (χ1) is 15.0. The molecular formula is C23H28Cl2N2O4. The summed E-state index contributed by atoms with van der Waals surface area (Å²) in [5.74, 6) is 0.593. The number of nitrogens with one attached hydrogen (secondary N) is 1. The first-order valence-corrected chi connectivity index (χ1v) is 10.9. The lowest BCUT2D eigenvalue weighted by Gasteiger charge is -2.14. The normalized spacial score (nSPS) is 11.2. The zero-order valence-electron chi connectivity index (χ0n) is 18.0. The molecule has 0 bridgehead atoms.